The summed E-state index contributed by atoms with van der Waals surface area (Å²) in [6, 6.07) is 0. The van der Waals surface area contributed by atoms with Gasteiger partial charge in [0.15, 0.2) is 0 Å². The van der Waals surface area contributed by atoms with Crippen molar-refractivity contribution in [2.24, 2.45) is 71.0 Å². The van der Waals surface area contributed by atoms with Crippen LogP contribution >= 0.6 is 0 Å². The van der Waals surface area contributed by atoms with Gasteiger partial charge >= 0.3 is 0 Å². The first-order chi connectivity index (χ1) is 26.2. The lowest BCUT2D eigenvalue weighted by atomic mass is 9.62. The van der Waals surface area contributed by atoms with Crippen LogP contribution in [-0.4, -0.2) is 0 Å². The van der Waals surface area contributed by atoms with E-state index in [4.69, 9.17) is 0 Å². The molecule has 54 heavy (non-hydrogen) atoms. The van der Waals surface area contributed by atoms with E-state index in [1.807, 2.05) is 38.2 Å². The molecule has 304 valence electrons. The fourth-order valence-electron chi connectivity index (χ4n) is 9.87. The molecule has 11 unspecified atom stereocenters. The molecule has 0 heteroatoms. The smallest absolute Gasteiger partial charge is 0.0142 e. The van der Waals surface area contributed by atoms with Gasteiger partial charge in [0, 0.05) is 0 Å². The minimum Gasteiger partial charge on any atom is -0.0991 e. The highest BCUT2D eigenvalue weighted by atomic mass is 14.4. The molecule has 0 radical (unpaired) electrons. The maximum absolute atomic E-state index is 3.46. The summed E-state index contributed by atoms with van der Waals surface area (Å²) in [6.45, 7) is 29.7. The molecule has 0 aromatic heterocycles. The van der Waals surface area contributed by atoms with Crippen LogP contribution in [0.5, 0.6) is 0 Å². The predicted molar refractivity (Wildman–Crippen MR) is 248 cm³/mol. The molecule has 0 nitrogen and oxygen atoms in total. The third kappa shape index (κ3) is 18.8. The zero-order chi connectivity index (χ0) is 40.1. The molecule has 0 saturated heterocycles. The van der Waals surface area contributed by atoms with Crippen molar-refractivity contribution in [3.63, 3.8) is 0 Å². The number of rotatable bonds is 19. The molecular weight excluding hydrogens is 649 g/mol. The van der Waals surface area contributed by atoms with Crippen molar-refractivity contribution < 1.29 is 0 Å². The lowest BCUT2D eigenvalue weighted by molar-refractivity contribution is 0.126. The Morgan fingerprint density at radius 3 is 1.54 bits per heavy atom. The van der Waals surface area contributed by atoms with Gasteiger partial charge in [-0.05, 0) is 163 Å². The zero-order valence-electron chi connectivity index (χ0n) is 37.2. The third-order valence-corrected chi connectivity index (χ3v) is 12.6. The van der Waals surface area contributed by atoms with Crippen molar-refractivity contribution in [2.75, 3.05) is 0 Å². The Bertz CT molecular complexity index is 1170. The van der Waals surface area contributed by atoms with Gasteiger partial charge in [-0.15, -0.1) is 0 Å². The minimum atomic E-state index is 0.611. The average Bonchev–Trinajstić information content (AvgIpc) is 3.70. The fraction of sp³-hybridized carbons (Fsp3) is 0.630. The molecule has 0 amide bonds. The molecule has 0 heterocycles. The van der Waals surface area contributed by atoms with Gasteiger partial charge in [0.2, 0.25) is 0 Å². The first kappa shape index (κ1) is 49.4. The van der Waals surface area contributed by atoms with Crippen molar-refractivity contribution >= 4 is 0 Å². The molecule has 1 fully saturated rings. The summed E-state index contributed by atoms with van der Waals surface area (Å²) in [6.07, 6.45) is 57.8. The van der Waals surface area contributed by atoms with Gasteiger partial charge in [0.1, 0.15) is 0 Å². The summed E-state index contributed by atoms with van der Waals surface area (Å²) in [4.78, 5) is 0. The second kappa shape index (κ2) is 30.6. The van der Waals surface area contributed by atoms with Crippen molar-refractivity contribution in [1.29, 1.82) is 0 Å². The van der Waals surface area contributed by atoms with Gasteiger partial charge in [0.05, 0.1) is 0 Å². The van der Waals surface area contributed by atoms with Crippen LogP contribution in [0.15, 0.2) is 123 Å². The number of hydrogen-bond acceptors (Lipinski definition) is 0. The average molecular weight is 737 g/mol. The van der Waals surface area contributed by atoms with Crippen molar-refractivity contribution in [2.45, 2.75) is 146 Å². The van der Waals surface area contributed by atoms with Crippen LogP contribution in [0.25, 0.3) is 0 Å². The largest absolute Gasteiger partial charge is 0.0991 e. The molecule has 0 aromatic carbocycles. The molecular formula is C54H88. The molecule has 0 aromatic rings. The Hall–Kier alpha value is -2.60. The van der Waals surface area contributed by atoms with Crippen LogP contribution in [0.1, 0.15) is 146 Å². The molecule has 3 aliphatic carbocycles. The van der Waals surface area contributed by atoms with Crippen LogP contribution in [0.3, 0.4) is 0 Å². The molecule has 0 aliphatic heterocycles. The Kier molecular flexibility index (Phi) is 28.0. The van der Waals surface area contributed by atoms with Gasteiger partial charge in [-0.1, -0.05) is 176 Å². The maximum Gasteiger partial charge on any atom is -0.0142 e. The molecule has 3 rings (SSSR count). The Morgan fingerprint density at radius 2 is 1.11 bits per heavy atom. The first-order valence-corrected chi connectivity index (χ1v) is 22.6. The van der Waals surface area contributed by atoms with Gasteiger partial charge in [0.25, 0.3) is 0 Å². The molecule has 0 N–H and O–H groups in total. The number of allylic oxidation sites excluding steroid dienone is 18. The summed E-state index contributed by atoms with van der Waals surface area (Å²) < 4.78 is 0. The molecule has 3 aliphatic rings. The quantitative estimate of drug-likeness (QED) is 0.0915. The highest BCUT2D eigenvalue weighted by Gasteiger charge is 2.37. The van der Waals surface area contributed by atoms with Crippen molar-refractivity contribution in [3.8, 4) is 0 Å². The Morgan fingerprint density at radius 1 is 0.574 bits per heavy atom. The van der Waals surface area contributed by atoms with Gasteiger partial charge in [-0.2, -0.15) is 0 Å². The molecule has 0 spiro atoms. The fourth-order valence-corrected chi connectivity index (χ4v) is 9.87. The molecule has 0 bridgehead atoms. The number of hydrogen-bond donors (Lipinski definition) is 0. The first-order valence-electron chi connectivity index (χ1n) is 22.6. The highest BCUT2D eigenvalue weighted by molar-refractivity contribution is 5.09. The van der Waals surface area contributed by atoms with E-state index >= 15 is 0 Å². The van der Waals surface area contributed by atoms with E-state index in [-0.39, 0.29) is 0 Å². The highest BCUT2D eigenvalue weighted by Crippen LogP contribution is 2.46. The SMILES string of the molecule is C/C=C/C(CC(C)/C=C/C(C1C=CC(C)CC1)C1CCCC1)CC(/C=C/C)C(C1C=CC(C)CC1)C(CC)C(/C=C/C)CC.C=C/C=C/C.C=C/C=C\C. The van der Waals surface area contributed by atoms with E-state index in [1.165, 1.54) is 77.0 Å². The summed E-state index contributed by atoms with van der Waals surface area (Å²) in [5.41, 5.74) is 0. The van der Waals surface area contributed by atoms with E-state index in [0.29, 0.717) is 35.5 Å². The van der Waals surface area contributed by atoms with E-state index in [2.05, 4.69) is 141 Å². The molecule has 11 atom stereocenters. The van der Waals surface area contributed by atoms with Crippen LogP contribution in [0.4, 0.5) is 0 Å². The second-order valence-corrected chi connectivity index (χ2v) is 16.9. The van der Waals surface area contributed by atoms with Crippen molar-refractivity contribution in [3.05, 3.63) is 123 Å². The maximum atomic E-state index is 3.46. The van der Waals surface area contributed by atoms with Crippen LogP contribution in [-0.2, 0) is 0 Å². The zero-order valence-corrected chi connectivity index (χ0v) is 37.2. The van der Waals surface area contributed by atoms with E-state index in [9.17, 15) is 0 Å². The molecule has 1 saturated carbocycles. The predicted octanol–water partition coefficient (Wildman–Crippen LogP) is 17.1. The second-order valence-electron chi connectivity index (χ2n) is 16.9. The van der Waals surface area contributed by atoms with Gasteiger partial charge < -0.3 is 0 Å². The lowest BCUT2D eigenvalue weighted by Crippen LogP contribution is -2.35. The van der Waals surface area contributed by atoms with Gasteiger partial charge in [-0.25, -0.2) is 0 Å². The summed E-state index contributed by atoms with van der Waals surface area (Å²) in [5, 5.41) is 0. The third-order valence-electron chi connectivity index (χ3n) is 12.6. The normalized spacial score (nSPS) is 26.1. The minimum absolute atomic E-state index is 0.611. The van der Waals surface area contributed by atoms with E-state index < -0.39 is 0 Å². The Labute approximate surface area is 338 Å². The van der Waals surface area contributed by atoms with Crippen LogP contribution in [0.2, 0.25) is 0 Å². The van der Waals surface area contributed by atoms with Crippen LogP contribution in [0, 0.1) is 71.0 Å². The standard InChI is InChI=1S/C44H72.2C5H8/c1-9-16-36(31-35(8)25-30-43(38-19-14-15-20-38)39-26-21-33(6)22-27-39)32-41(18-11-3)44(40-28-23-34(7)24-29-40)42(13-5)37(12-4)17-10-2;2*1-3-5-4-2/h9-11,16-18,21,23,25-26,28,30,33-44H,12-15,19-20,22,24,27,29,31-32H2,1-8H3;2*3-5H,1H2,2H3/b16-9+,17-10+,18-11+,30-25+;5-4+;5-4-. The van der Waals surface area contributed by atoms with E-state index in [1.54, 1.807) is 12.2 Å². The van der Waals surface area contributed by atoms with Crippen molar-refractivity contribution in [1.82, 2.24) is 0 Å². The monoisotopic (exact) mass is 737 g/mol. The summed E-state index contributed by atoms with van der Waals surface area (Å²) in [5.74, 6) is 8.52. The topological polar surface area (TPSA) is 0 Å². The summed E-state index contributed by atoms with van der Waals surface area (Å²) in [7, 11) is 0. The lowest BCUT2D eigenvalue weighted by Gasteiger charge is -2.42. The van der Waals surface area contributed by atoms with E-state index in [0.717, 1.165) is 35.5 Å². The Balaban J connectivity index is 0.00000129. The summed E-state index contributed by atoms with van der Waals surface area (Å²) >= 11 is 0. The van der Waals surface area contributed by atoms with Gasteiger partial charge in [-0.3, -0.25) is 0 Å². The van der Waals surface area contributed by atoms with Crippen LogP contribution < -0.4 is 0 Å².